The van der Waals surface area contributed by atoms with Gasteiger partial charge in [0.1, 0.15) is 5.82 Å². The zero-order valence-electron chi connectivity index (χ0n) is 9.71. The molecule has 1 atom stereocenters. The number of nitrogens with one attached hydrogen (secondary N) is 1. The lowest BCUT2D eigenvalue weighted by Crippen LogP contribution is -2.21. The van der Waals surface area contributed by atoms with E-state index >= 15 is 0 Å². The highest BCUT2D eigenvalue weighted by molar-refractivity contribution is 5.72. The van der Waals surface area contributed by atoms with Crippen LogP contribution in [0.4, 0.5) is 10.1 Å². The van der Waals surface area contributed by atoms with E-state index in [1.807, 2.05) is 0 Å². The van der Waals surface area contributed by atoms with Crippen molar-refractivity contribution in [1.82, 2.24) is 0 Å². The van der Waals surface area contributed by atoms with E-state index in [1.165, 1.54) is 13.2 Å². The lowest BCUT2D eigenvalue weighted by Gasteiger charge is -2.12. The molecule has 0 bridgehead atoms. The number of esters is 1. The molecular weight excluding hydrogens is 209 g/mol. The Morgan fingerprint density at radius 2 is 2.25 bits per heavy atom. The van der Waals surface area contributed by atoms with Crippen molar-refractivity contribution in [1.29, 1.82) is 0 Å². The van der Waals surface area contributed by atoms with Crippen molar-refractivity contribution in [3.63, 3.8) is 0 Å². The number of rotatable bonds is 4. The van der Waals surface area contributed by atoms with Gasteiger partial charge in [0.05, 0.1) is 13.0 Å². The minimum absolute atomic E-state index is 0.227. The summed E-state index contributed by atoms with van der Waals surface area (Å²) in [6.07, 6.45) is 0. The highest BCUT2D eigenvalue weighted by Crippen LogP contribution is 2.14. The number of anilines is 1. The quantitative estimate of drug-likeness (QED) is 0.799. The Bertz CT molecular complexity index is 379. The van der Waals surface area contributed by atoms with Crippen LogP contribution in [-0.2, 0) is 9.53 Å². The summed E-state index contributed by atoms with van der Waals surface area (Å²) in [4.78, 5) is 11.1. The number of carbonyl (C=O) groups is 1. The lowest BCUT2D eigenvalue weighted by atomic mass is 10.1. The van der Waals surface area contributed by atoms with Crippen LogP contribution in [-0.4, -0.2) is 19.6 Å². The molecule has 1 rings (SSSR count). The smallest absolute Gasteiger partial charge is 0.310 e. The van der Waals surface area contributed by atoms with Gasteiger partial charge in [0.15, 0.2) is 0 Å². The molecule has 0 saturated heterocycles. The molecule has 1 unspecified atom stereocenters. The zero-order chi connectivity index (χ0) is 12.1. The third kappa shape index (κ3) is 3.22. The second kappa shape index (κ2) is 5.49. The summed E-state index contributed by atoms with van der Waals surface area (Å²) in [6.45, 7) is 3.94. The summed E-state index contributed by atoms with van der Waals surface area (Å²) in [5.41, 5.74) is 1.38. The fourth-order valence-electron chi connectivity index (χ4n) is 1.31. The summed E-state index contributed by atoms with van der Waals surface area (Å²) >= 11 is 0. The second-order valence-electron chi connectivity index (χ2n) is 3.77. The normalized spacial score (nSPS) is 12.0. The first-order valence-corrected chi connectivity index (χ1v) is 5.12. The number of aryl methyl sites for hydroxylation is 1. The Balaban J connectivity index is 2.55. The van der Waals surface area contributed by atoms with Crippen molar-refractivity contribution >= 4 is 11.7 Å². The van der Waals surface area contributed by atoms with E-state index < -0.39 is 0 Å². The third-order valence-electron chi connectivity index (χ3n) is 2.37. The van der Waals surface area contributed by atoms with E-state index in [-0.39, 0.29) is 17.7 Å². The second-order valence-corrected chi connectivity index (χ2v) is 3.77. The standard InChI is InChI=1S/C12H16FNO2/c1-8-6-10(4-5-11(8)13)14-7-9(2)12(15)16-3/h4-6,9,14H,7H2,1-3H3. The Hall–Kier alpha value is -1.58. The van der Waals surface area contributed by atoms with Crippen LogP contribution in [0.2, 0.25) is 0 Å². The van der Waals surface area contributed by atoms with Crippen LogP contribution >= 0.6 is 0 Å². The summed E-state index contributed by atoms with van der Waals surface area (Å²) in [7, 11) is 1.36. The molecule has 0 spiro atoms. The molecule has 1 N–H and O–H groups in total. The first-order chi connectivity index (χ1) is 7.54. The molecule has 0 aliphatic rings. The molecule has 0 aromatic heterocycles. The molecule has 4 heteroatoms. The van der Waals surface area contributed by atoms with Crippen molar-refractivity contribution in [3.05, 3.63) is 29.6 Å². The van der Waals surface area contributed by atoms with Gasteiger partial charge in [-0.2, -0.15) is 0 Å². The molecule has 0 amide bonds. The summed E-state index contributed by atoms with van der Waals surface area (Å²) < 4.78 is 17.6. The van der Waals surface area contributed by atoms with E-state index in [0.717, 1.165) is 5.69 Å². The van der Waals surface area contributed by atoms with Gasteiger partial charge in [-0.3, -0.25) is 4.79 Å². The van der Waals surface area contributed by atoms with Gasteiger partial charge in [-0.25, -0.2) is 4.39 Å². The number of hydrogen-bond acceptors (Lipinski definition) is 3. The van der Waals surface area contributed by atoms with E-state index in [9.17, 15) is 9.18 Å². The first-order valence-electron chi connectivity index (χ1n) is 5.12. The SMILES string of the molecule is COC(=O)C(C)CNc1ccc(F)c(C)c1. The predicted octanol–water partition coefficient (Wildman–Crippen LogP) is 2.36. The van der Waals surface area contributed by atoms with Crippen LogP contribution in [0.25, 0.3) is 0 Å². The highest BCUT2D eigenvalue weighted by atomic mass is 19.1. The van der Waals surface area contributed by atoms with E-state index in [2.05, 4.69) is 10.1 Å². The van der Waals surface area contributed by atoms with Gasteiger partial charge in [-0.15, -0.1) is 0 Å². The number of ether oxygens (including phenoxy) is 1. The average Bonchev–Trinajstić information content (AvgIpc) is 2.29. The van der Waals surface area contributed by atoms with Crippen LogP contribution in [0.1, 0.15) is 12.5 Å². The van der Waals surface area contributed by atoms with Crippen molar-refractivity contribution in [3.8, 4) is 0 Å². The number of carbonyl (C=O) groups excluding carboxylic acids is 1. The molecule has 0 radical (unpaired) electrons. The van der Waals surface area contributed by atoms with Crippen LogP contribution in [0.3, 0.4) is 0 Å². The van der Waals surface area contributed by atoms with Gasteiger partial charge >= 0.3 is 5.97 Å². The van der Waals surface area contributed by atoms with Crippen molar-refractivity contribution in [2.75, 3.05) is 19.0 Å². The topological polar surface area (TPSA) is 38.3 Å². The summed E-state index contributed by atoms with van der Waals surface area (Å²) in [5.74, 6) is -0.715. The van der Waals surface area contributed by atoms with Gasteiger partial charge in [-0.1, -0.05) is 6.92 Å². The largest absolute Gasteiger partial charge is 0.469 e. The third-order valence-corrected chi connectivity index (χ3v) is 2.37. The molecule has 3 nitrogen and oxygen atoms in total. The van der Waals surface area contributed by atoms with Crippen molar-refractivity contribution in [2.24, 2.45) is 5.92 Å². The Labute approximate surface area is 94.6 Å². The minimum Gasteiger partial charge on any atom is -0.469 e. The van der Waals surface area contributed by atoms with Crippen LogP contribution in [0, 0.1) is 18.7 Å². The van der Waals surface area contributed by atoms with E-state index in [0.29, 0.717) is 12.1 Å². The summed E-state index contributed by atoms with van der Waals surface area (Å²) in [5, 5.41) is 3.06. The van der Waals surface area contributed by atoms with Gasteiger partial charge in [0.25, 0.3) is 0 Å². The molecule has 0 saturated carbocycles. The monoisotopic (exact) mass is 225 g/mol. The molecule has 0 fully saturated rings. The maximum absolute atomic E-state index is 13.0. The molecule has 0 heterocycles. The van der Waals surface area contributed by atoms with Gasteiger partial charge in [0, 0.05) is 12.2 Å². The van der Waals surface area contributed by atoms with Gasteiger partial charge in [-0.05, 0) is 30.7 Å². The maximum atomic E-state index is 13.0. The fraction of sp³-hybridized carbons (Fsp3) is 0.417. The van der Waals surface area contributed by atoms with Gasteiger partial charge in [0.2, 0.25) is 0 Å². The Kier molecular flexibility index (Phi) is 4.28. The van der Waals surface area contributed by atoms with E-state index in [4.69, 9.17) is 0 Å². The van der Waals surface area contributed by atoms with Crippen LogP contribution in [0.5, 0.6) is 0 Å². The minimum atomic E-state index is -0.258. The number of hydrogen-bond donors (Lipinski definition) is 1. The molecule has 88 valence electrons. The Morgan fingerprint density at radius 3 is 2.81 bits per heavy atom. The molecular formula is C12H16FNO2. The highest BCUT2D eigenvalue weighted by Gasteiger charge is 2.12. The van der Waals surface area contributed by atoms with Crippen molar-refractivity contribution < 1.29 is 13.9 Å². The lowest BCUT2D eigenvalue weighted by molar-refractivity contribution is -0.144. The molecule has 1 aromatic carbocycles. The first kappa shape index (κ1) is 12.5. The number of methoxy groups -OCH3 is 1. The maximum Gasteiger partial charge on any atom is 0.310 e. The number of halogens is 1. The number of benzene rings is 1. The molecule has 0 aliphatic heterocycles. The molecule has 0 aliphatic carbocycles. The van der Waals surface area contributed by atoms with Crippen molar-refractivity contribution in [2.45, 2.75) is 13.8 Å². The predicted molar refractivity (Wildman–Crippen MR) is 60.8 cm³/mol. The average molecular weight is 225 g/mol. The van der Waals surface area contributed by atoms with E-state index in [1.54, 1.807) is 26.0 Å². The zero-order valence-corrected chi connectivity index (χ0v) is 9.71. The Morgan fingerprint density at radius 1 is 1.56 bits per heavy atom. The summed E-state index contributed by atoms with van der Waals surface area (Å²) in [6, 6.07) is 4.76. The van der Waals surface area contributed by atoms with Gasteiger partial charge < -0.3 is 10.1 Å². The molecule has 16 heavy (non-hydrogen) atoms. The fourth-order valence-corrected chi connectivity index (χ4v) is 1.31. The molecule has 1 aromatic rings. The van der Waals surface area contributed by atoms with Crippen LogP contribution < -0.4 is 5.32 Å². The van der Waals surface area contributed by atoms with Crippen LogP contribution in [0.15, 0.2) is 18.2 Å².